The van der Waals surface area contributed by atoms with Gasteiger partial charge < -0.3 is 10.1 Å². The predicted octanol–water partition coefficient (Wildman–Crippen LogP) is 1.81. The lowest BCUT2D eigenvalue weighted by atomic mass is 10.2. The fraction of sp³-hybridized carbons (Fsp3) is 0.467. The van der Waals surface area contributed by atoms with Crippen molar-refractivity contribution in [2.45, 2.75) is 36.9 Å². The van der Waals surface area contributed by atoms with E-state index in [9.17, 15) is 9.00 Å². The van der Waals surface area contributed by atoms with Crippen molar-refractivity contribution in [1.29, 1.82) is 5.26 Å². The third-order valence-electron chi connectivity index (χ3n) is 3.63. The summed E-state index contributed by atoms with van der Waals surface area (Å²) in [6.45, 7) is 4.11. The van der Waals surface area contributed by atoms with Gasteiger partial charge in [0, 0.05) is 17.4 Å². The molecule has 0 spiro atoms. The summed E-state index contributed by atoms with van der Waals surface area (Å²) in [6.07, 6.45) is 0.618. The van der Waals surface area contributed by atoms with Crippen LogP contribution in [0.25, 0.3) is 0 Å². The minimum Gasteiger partial charge on any atom is -0.377 e. The van der Waals surface area contributed by atoms with Gasteiger partial charge in [-0.25, -0.2) is 0 Å². The Morgan fingerprint density at radius 1 is 1.52 bits per heavy atom. The summed E-state index contributed by atoms with van der Waals surface area (Å²) in [5.41, 5.74) is 0.839. The number of benzene rings is 1. The van der Waals surface area contributed by atoms with Crippen molar-refractivity contribution in [2.24, 2.45) is 0 Å². The number of amides is 1. The Bertz CT molecular complexity index is 597. The highest BCUT2D eigenvalue weighted by molar-refractivity contribution is 7.87. The van der Waals surface area contributed by atoms with Crippen LogP contribution in [0.2, 0.25) is 0 Å². The number of ether oxygens (including phenoxy) is 1. The zero-order valence-electron chi connectivity index (χ0n) is 12.0. The molecule has 1 heterocycles. The Hall–Kier alpha value is -1.71. The van der Waals surface area contributed by atoms with Gasteiger partial charge in [-0.2, -0.15) is 5.26 Å². The molecule has 1 aliphatic heterocycles. The maximum absolute atomic E-state index is 12.4. The molecule has 0 aromatic heterocycles. The summed E-state index contributed by atoms with van der Waals surface area (Å²) < 4.78 is 17.9. The van der Waals surface area contributed by atoms with Crippen molar-refractivity contribution in [2.75, 3.05) is 11.9 Å². The zero-order valence-corrected chi connectivity index (χ0v) is 12.9. The summed E-state index contributed by atoms with van der Waals surface area (Å²) in [6, 6.07) is 8.78. The molecule has 1 amide bonds. The van der Waals surface area contributed by atoms with E-state index in [0.717, 1.165) is 0 Å². The Balaban J connectivity index is 2.06. The van der Waals surface area contributed by atoms with Gasteiger partial charge in [0.15, 0.2) is 0 Å². The molecule has 1 aromatic carbocycles. The van der Waals surface area contributed by atoms with Gasteiger partial charge in [-0.15, -0.1) is 0 Å². The molecular formula is C15H18N2O3S. The van der Waals surface area contributed by atoms with Crippen molar-refractivity contribution in [1.82, 2.24) is 0 Å². The van der Waals surface area contributed by atoms with Crippen molar-refractivity contribution >= 4 is 22.4 Å². The lowest BCUT2D eigenvalue weighted by Crippen LogP contribution is -2.37. The number of hydrogen-bond acceptors (Lipinski definition) is 4. The van der Waals surface area contributed by atoms with Crippen LogP contribution in [0, 0.1) is 11.3 Å². The molecule has 4 atom stereocenters. The van der Waals surface area contributed by atoms with Crippen LogP contribution < -0.4 is 5.32 Å². The number of nitrogens with zero attached hydrogens (tertiary/aromatic N) is 1. The number of carbonyl (C=O) groups is 1. The summed E-state index contributed by atoms with van der Waals surface area (Å²) >= 11 is 0. The molecule has 112 valence electrons. The van der Waals surface area contributed by atoms with Crippen LogP contribution in [0.1, 0.15) is 25.8 Å². The Morgan fingerprint density at radius 3 is 2.86 bits per heavy atom. The lowest BCUT2D eigenvalue weighted by Gasteiger charge is -2.19. The number of hydrogen-bond donors (Lipinski definition) is 1. The number of carbonyl (C=O) groups excluding carboxylic acids is 1. The van der Waals surface area contributed by atoms with Gasteiger partial charge in [0.05, 0.1) is 22.6 Å². The van der Waals surface area contributed by atoms with Crippen LogP contribution >= 0.6 is 0 Å². The quantitative estimate of drug-likeness (QED) is 0.920. The minimum atomic E-state index is -1.30. The first-order valence-corrected chi connectivity index (χ1v) is 8.13. The van der Waals surface area contributed by atoms with E-state index in [-0.39, 0.29) is 17.3 Å². The maximum Gasteiger partial charge on any atom is 0.239 e. The number of nitrogens with one attached hydrogen (secondary N) is 1. The Labute approximate surface area is 126 Å². The van der Waals surface area contributed by atoms with E-state index < -0.39 is 16.0 Å². The summed E-state index contributed by atoms with van der Waals surface area (Å²) in [5.74, 6) is -0.338. The molecule has 4 unspecified atom stereocenters. The summed E-state index contributed by atoms with van der Waals surface area (Å²) in [7, 11) is -1.30. The van der Waals surface area contributed by atoms with Crippen LogP contribution in [-0.4, -0.2) is 33.3 Å². The maximum atomic E-state index is 12.4. The van der Waals surface area contributed by atoms with Crippen molar-refractivity contribution in [3.05, 3.63) is 29.8 Å². The average Bonchev–Trinajstić information content (AvgIpc) is 2.92. The van der Waals surface area contributed by atoms with Crippen molar-refractivity contribution < 1.29 is 13.7 Å². The van der Waals surface area contributed by atoms with E-state index in [0.29, 0.717) is 24.3 Å². The van der Waals surface area contributed by atoms with Gasteiger partial charge in [0.2, 0.25) is 5.91 Å². The molecule has 21 heavy (non-hydrogen) atoms. The van der Waals surface area contributed by atoms with Gasteiger partial charge >= 0.3 is 0 Å². The van der Waals surface area contributed by atoms with Crippen molar-refractivity contribution in [3.8, 4) is 6.07 Å². The number of para-hydroxylation sites is 1. The Morgan fingerprint density at radius 2 is 2.24 bits per heavy atom. The molecule has 5 nitrogen and oxygen atoms in total. The highest BCUT2D eigenvalue weighted by atomic mass is 32.2. The van der Waals surface area contributed by atoms with E-state index in [1.54, 1.807) is 31.2 Å². The second-order valence-electron chi connectivity index (χ2n) is 5.02. The number of nitriles is 1. The number of anilines is 1. The molecule has 0 radical (unpaired) electrons. The van der Waals surface area contributed by atoms with Gasteiger partial charge in [0.1, 0.15) is 11.3 Å². The highest BCUT2D eigenvalue weighted by Gasteiger charge is 2.34. The molecule has 0 saturated carbocycles. The van der Waals surface area contributed by atoms with E-state index >= 15 is 0 Å². The molecule has 1 saturated heterocycles. The van der Waals surface area contributed by atoms with Crippen LogP contribution in [-0.2, 0) is 20.3 Å². The third-order valence-corrected chi connectivity index (χ3v) is 5.75. The monoisotopic (exact) mass is 306 g/mol. The highest BCUT2D eigenvalue weighted by Crippen LogP contribution is 2.22. The first-order valence-electron chi connectivity index (χ1n) is 6.85. The van der Waals surface area contributed by atoms with Gasteiger partial charge in [-0.1, -0.05) is 12.1 Å². The molecule has 1 aliphatic rings. The molecule has 2 rings (SSSR count). The SMILES string of the molecule is CC1OCCC1S(=O)C(C)C(=O)Nc1ccccc1C#N. The second kappa shape index (κ2) is 6.83. The first-order chi connectivity index (χ1) is 10.0. The van der Waals surface area contributed by atoms with Crippen molar-refractivity contribution in [3.63, 3.8) is 0 Å². The predicted molar refractivity (Wildman–Crippen MR) is 81.2 cm³/mol. The van der Waals surface area contributed by atoms with E-state index in [2.05, 4.69) is 5.32 Å². The smallest absolute Gasteiger partial charge is 0.239 e. The third kappa shape index (κ3) is 3.49. The molecule has 6 heteroatoms. The second-order valence-corrected chi connectivity index (χ2v) is 6.99. The minimum absolute atomic E-state index is 0.0903. The largest absolute Gasteiger partial charge is 0.377 e. The topological polar surface area (TPSA) is 79.2 Å². The first kappa shape index (κ1) is 15.7. The Kier molecular flexibility index (Phi) is 5.10. The molecule has 1 N–H and O–H groups in total. The van der Waals surface area contributed by atoms with E-state index in [4.69, 9.17) is 10.00 Å². The lowest BCUT2D eigenvalue weighted by molar-refractivity contribution is -0.115. The molecule has 0 aliphatic carbocycles. The van der Waals surface area contributed by atoms with Crippen LogP contribution in [0.3, 0.4) is 0 Å². The zero-order chi connectivity index (χ0) is 15.4. The normalized spacial score (nSPS) is 24.0. The van der Waals surface area contributed by atoms with Gasteiger partial charge in [-0.3, -0.25) is 9.00 Å². The molecule has 1 aromatic rings. The fourth-order valence-electron chi connectivity index (χ4n) is 2.31. The van der Waals surface area contributed by atoms with Crippen LogP contribution in [0.15, 0.2) is 24.3 Å². The molecule has 1 fully saturated rings. The van der Waals surface area contributed by atoms with Gasteiger partial charge in [-0.05, 0) is 32.4 Å². The van der Waals surface area contributed by atoms with Crippen LogP contribution in [0.4, 0.5) is 5.69 Å². The standard InChI is InChI=1S/C15H18N2O3S/c1-10-14(7-8-20-10)21(19)11(2)15(18)17-13-6-4-3-5-12(13)9-16/h3-6,10-11,14H,7-8H2,1-2H3,(H,17,18). The summed E-state index contributed by atoms with van der Waals surface area (Å²) in [4.78, 5) is 12.2. The summed E-state index contributed by atoms with van der Waals surface area (Å²) in [5, 5.41) is 10.9. The van der Waals surface area contributed by atoms with Gasteiger partial charge in [0.25, 0.3) is 0 Å². The fourth-order valence-corrected chi connectivity index (χ4v) is 3.89. The van der Waals surface area contributed by atoms with E-state index in [1.165, 1.54) is 0 Å². The molecule has 0 bridgehead atoms. The van der Waals surface area contributed by atoms with E-state index in [1.807, 2.05) is 13.0 Å². The van der Waals surface area contributed by atoms with Crippen LogP contribution in [0.5, 0.6) is 0 Å². The average molecular weight is 306 g/mol. The number of rotatable bonds is 4. The molecular weight excluding hydrogens is 288 g/mol.